The average Bonchev–Trinajstić information content (AvgIpc) is 2.38. The normalized spacial score (nSPS) is 11.5. The van der Waals surface area contributed by atoms with Crippen LogP contribution >= 0.6 is 0 Å². The van der Waals surface area contributed by atoms with Gasteiger partial charge >= 0.3 is 0 Å². The highest BCUT2D eigenvalue weighted by Crippen LogP contribution is 2.26. The molecule has 0 fully saturated rings. The summed E-state index contributed by atoms with van der Waals surface area (Å²) >= 11 is 0. The van der Waals surface area contributed by atoms with Gasteiger partial charge in [-0.25, -0.2) is 0 Å². The summed E-state index contributed by atoms with van der Waals surface area (Å²) in [5.74, 6) is 0. The van der Waals surface area contributed by atoms with E-state index < -0.39 is 0 Å². The third-order valence-corrected chi connectivity index (χ3v) is 2.52. The molecular formula is C17H18. The van der Waals surface area contributed by atoms with Crippen molar-refractivity contribution < 1.29 is 0 Å². The van der Waals surface area contributed by atoms with Gasteiger partial charge in [-0.2, -0.15) is 0 Å². The summed E-state index contributed by atoms with van der Waals surface area (Å²) in [5.41, 5.74) is 4.12. The summed E-state index contributed by atoms with van der Waals surface area (Å²) in [6.07, 6.45) is 7.58. The van der Waals surface area contributed by atoms with Gasteiger partial charge in [-0.1, -0.05) is 74.4 Å². The summed E-state index contributed by atoms with van der Waals surface area (Å²) in [5, 5.41) is 0. The fraction of sp³-hybridized carbons (Fsp3) is 0.0588. The second-order valence-electron chi connectivity index (χ2n) is 3.67. The van der Waals surface area contributed by atoms with Crippen molar-refractivity contribution in [1.82, 2.24) is 0 Å². The van der Waals surface area contributed by atoms with E-state index in [4.69, 9.17) is 0 Å². The van der Waals surface area contributed by atoms with Crippen LogP contribution in [0.5, 0.6) is 0 Å². The van der Waals surface area contributed by atoms with Gasteiger partial charge in [0.15, 0.2) is 0 Å². The molecule has 0 radical (unpaired) electrons. The molecular weight excluding hydrogens is 204 g/mol. The van der Waals surface area contributed by atoms with E-state index in [1.54, 1.807) is 6.08 Å². The maximum atomic E-state index is 4.10. The van der Waals surface area contributed by atoms with Gasteiger partial charge in [0.2, 0.25) is 0 Å². The first kappa shape index (κ1) is 13.0. The van der Waals surface area contributed by atoms with Crippen LogP contribution in [0.1, 0.15) is 12.5 Å². The van der Waals surface area contributed by atoms with Crippen molar-refractivity contribution in [1.29, 1.82) is 0 Å². The van der Waals surface area contributed by atoms with Crippen LogP contribution in [-0.2, 0) is 0 Å². The third kappa shape index (κ3) is 3.46. The van der Waals surface area contributed by atoms with E-state index in [0.717, 1.165) is 22.3 Å². The summed E-state index contributed by atoms with van der Waals surface area (Å²) < 4.78 is 0. The minimum absolute atomic E-state index is 0.904. The number of hydrogen-bond acceptors (Lipinski definition) is 0. The first-order chi connectivity index (χ1) is 8.20. The molecule has 0 atom stereocenters. The van der Waals surface area contributed by atoms with Crippen molar-refractivity contribution in [3.05, 3.63) is 91.1 Å². The molecule has 0 heteroatoms. The molecule has 0 aliphatic heterocycles. The monoisotopic (exact) mass is 222 g/mol. The molecule has 0 bridgehead atoms. The molecule has 0 aromatic heterocycles. The van der Waals surface area contributed by atoms with Gasteiger partial charge in [0.05, 0.1) is 0 Å². The van der Waals surface area contributed by atoms with Crippen molar-refractivity contribution in [3.63, 3.8) is 0 Å². The number of allylic oxidation sites excluding steroid dienone is 7. The second kappa shape index (κ2) is 6.49. The van der Waals surface area contributed by atoms with Gasteiger partial charge in [-0.15, -0.1) is 0 Å². The molecule has 86 valence electrons. The van der Waals surface area contributed by atoms with E-state index in [-0.39, 0.29) is 0 Å². The molecule has 1 aromatic carbocycles. The van der Waals surface area contributed by atoms with Crippen molar-refractivity contribution in [2.24, 2.45) is 0 Å². The van der Waals surface area contributed by atoms with Crippen LogP contribution in [0.4, 0.5) is 0 Å². The standard InChI is InChI=1S/C17H18/c1-5-7-11-14(3)15(4)17(6-2)16-12-9-8-10-13-16/h5-13H,1,3-4H2,2H3/b11-7-,17-6+. The lowest BCUT2D eigenvalue weighted by Crippen LogP contribution is -1.90. The fourth-order valence-electron chi connectivity index (χ4n) is 1.59. The maximum absolute atomic E-state index is 4.10. The van der Waals surface area contributed by atoms with E-state index >= 15 is 0 Å². The Morgan fingerprint density at radius 3 is 2.29 bits per heavy atom. The highest BCUT2D eigenvalue weighted by atomic mass is 14.1. The lowest BCUT2D eigenvalue weighted by atomic mass is 9.94. The molecule has 0 heterocycles. The van der Waals surface area contributed by atoms with E-state index in [1.807, 2.05) is 37.3 Å². The minimum atomic E-state index is 0.904. The lowest BCUT2D eigenvalue weighted by Gasteiger charge is -2.11. The topological polar surface area (TPSA) is 0 Å². The first-order valence-corrected chi connectivity index (χ1v) is 5.60. The highest BCUT2D eigenvalue weighted by Gasteiger charge is 2.05. The van der Waals surface area contributed by atoms with Gasteiger partial charge < -0.3 is 0 Å². The Balaban J connectivity index is 2.98. The predicted octanol–water partition coefficient (Wildman–Crippen LogP) is 4.94. The quantitative estimate of drug-likeness (QED) is 0.619. The Bertz CT molecular complexity index is 470. The van der Waals surface area contributed by atoms with Crippen LogP contribution in [0.25, 0.3) is 5.57 Å². The molecule has 0 spiro atoms. The maximum Gasteiger partial charge on any atom is -0.0154 e. The second-order valence-corrected chi connectivity index (χ2v) is 3.67. The van der Waals surface area contributed by atoms with Crippen molar-refractivity contribution in [3.8, 4) is 0 Å². The van der Waals surface area contributed by atoms with Crippen molar-refractivity contribution in [2.45, 2.75) is 6.92 Å². The zero-order valence-corrected chi connectivity index (χ0v) is 10.3. The molecule has 17 heavy (non-hydrogen) atoms. The molecule has 0 aliphatic rings. The zero-order chi connectivity index (χ0) is 12.7. The Morgan fingerprint density at radius 2 is 1.76 bits per heavy atom. The number of hydrogen-bond donors (Lipinski definition) is 0. The third-order valence-electron chi connectivity index (χ3n) is 2.52. The molecule has 0 saturated heterocycles. The van der Waals surface area contributed by atoms with Crippen LogP contribution in [-0.4, -0.2) is 0 Å². The Labute approximate surface area is 104 Å². The summed E-state index contributed by atoms with van der Waals surface area (Å²) in [4.78, 5) is 0. The summed E-state index contributed by atoms with van der Waals surface area (Å²) in [6, 6.07) is 10.2. The van der Waals surface area contributed by atoms with Crippen LogP contribution in [0.3, 0.4) is 0 Å². The van der Waals surface area contributed by atoms with E-state index in [2.05, 4.69) is 37.9 Å². The van der Waals surface area contributed by atoms with E-state index in [0.29, 0.717) is 0 Å². The van der Waals surface area contributed by atoms with Crippen LogP contribution in [0.2, 0.25) is 0 Å². The van der Waals surface area contributed by atoms with Gasteiger partial charge in [0.1, 0.15) is 0 Å². The molecule has 0 aliphatic carbocycles. The molecule has 0 nitrogen and oxygen atoms in total. The fourth-order valence-corrected chi connectivity index (χ4v) is 1.59. The summed E-state index contributed by atoms with van der Waals surface area (Å²) in [6.45, 7) is 13.8. The smallest absolute Gasteiger partial charge is 0.0154 e. The van der Waals surface area contributed by atoms with Crippen molar-refractivity contribution in [2.75, 3.05) is 0 Å². The Kier molecular flexibility index (Phi) is 4.96. The van der Waals surface area contributed by atoms with Gasteiger partial charge in [0, 0.05) is 0 Å². The Morgan fingerprint density at radius 1 is 1.12 bits per heavy atom. The molecule has 1 rings (SSSR count). The molecule has 0 saturated carbocycles. The van der Waals surface area contributed by atoms with Crippen LogP contribution in [0.15, 0.2) is 85.5 Å². The largest absolute Gasteiger partial charge is 0.0991 e. The van der Waals surface area contributed by atoms with Gasteiger partial charge in [0.25, 0.3) is 0 Å². The van der Waals surface area contributed by atoms with Crippen LogP contribution < -0.4 is 0 Å². The predicted molar refractivity (Wildman–Crippen MR) is 77.7 cm³/mol. The number of benzene rings is 1. The van der Waals surface area contributed by atoms with Crippen molar-refractivity contribution >= 4 is 5.57 Å². The number of rotatable bonds is 5. The van der Waals surface area contributed by atoms with E-state index in [1.165, 1.54) is 0 Å². The summed E-state index contributed by atoms with van der Waals surface area (Å²) in [7, 11) is 0. The van der Waals surface area contributed by atoms with Crippen LogP contribution in [0, 0.1) is 0 Å². The first-order valence-electron chi connectivity index (χ1n) is 5.60. The highest BCUT2D eigenvalue weighted by molar-refractivity contribution is 5.83. The molecule has 0 amide bonds. The average molecular weight is 222 g/mol. The minimum Gasteiger partial charge on any atom is -0.0991 e. The lowest BCUT2D eigenvalue weighted by molar-refractivity contribution is 1.52. The van der Waals surface area contributed by atoms with E-state index in [9.17, 15) is 0 Å². The van der Waals surface area contributed by atoms with Gasteiger partial charge in [-0.3, -0.25) is 0 Å². The van der Waals surface area contributed by atoms with Gasteiger partial charge in [-0.05, 0) is 29.2 Å². The molecule has 0 unspecified atom stereocenters. The SMILES string of the molecule is C=C/C=C\C(=C)C(=C)/C(=C\C)c1ccccc1. The molecule has 1 aromatic rings. The Hall–Kier alpha value is -2.08. The molecule has 0 N–H and O–H groups in total. The zero-order valence-electron chi connectivity index (χ0n) is 10.3.